The van der Waals surface area contributed by atoms with Gasteiger partial charge in [-0.2, -0.15) is 0 Å². The van der Waals surface area contributed by atoms with E-state index in [4.69, 9.17) is 16.3 Å². The molecule has 0 saturated carbocycles. The van der Waals surface area contributed by atoms with E-state index in [-0.39, 0.29) is 5.02 Å². The molecule has 1 aromatic heterocycles. The maximum absolute atomic E-state index is 13.4. The van der Waals surface area contributed by atoms with Gasteiger partial charge in [0.1, 0.15) is 5.82 Å². The Labute approximate surface area is 173 Å². The summed E-state index contributed by atoms with van der Waals surface area (Å²) in [4.78, 5) is 9.02. The van der Waals surface area contributed by atoms with Crippen molar-refractivity contribution < 1.29 is 14.3 Å². The number of benzene rings is 1. The summed E-state index contributed by atoms with van der Waals surface area (Å²) in [5.74, 6) is 0.183. The lowest BCUT2D eigenvalue weighted by atomic mass is 9.97. The summed E-state index contributed by atoms with van der Waals surface area (Å²) in [5.41, 5.74) is 3.98. The van der Waals surface area contributed by atoms with Crippen molar-refractivity contribution in [3.8, 4) is 0 Å². The number of hydrogen-bond donors (Lipinski definition) is 2. The number of nitrogens with one attached hydrogen (secondary N) is 1. The van der Waals surface area contributed by atoms with Crippen molar-refractivity contribution in [2.45, 2.75) is 31.7 Å². The minimum Gasteiger partial charge on any atom is -0.411 e. The lowest BCUT2D eigenvalue weighted by Gasteiger charge is -2.23. The van der Waals surface area contributed by atoms with E-state index in [0.29, 0.717) is 37.0 Å². The number of hydrogen-bond acceptors (Lipinski definition) is 6. The average molecular weight is 417 g/mol. The van der Waals surface area contributed by atoms with Crippen LogP contribution in [0.1, 0.15) is 29.5 Å². The lowest BCUT2D eigenvalue weighted by molar-refractivity contribution is 0.0792. The molecular formula is C21H22ClFN4O2. The quantitative estimate of drug-likeness (QED) is 0.427. The summed E-state index contributed by atoms with van der Waals surface area (Å²) in [7, 11) is 0. The van der Waals surface area contributed by atoms with E-state index < -0.39 is 5.82 Å². The predicted octanol–water partition coefficient (Wildman–Crippen LogP) is 3.69. The standard InChI is InChI=1S/C21H22ClFN4O2/c22-18-9-13(1-2-19(18)23)10-20(27-28)16-3-6-24-21-17(16)11-15(26-21)12-25-14-4-7-29-8-5-14/h1-3,6,9,14,25,28H,4-5,7-8,10-12H2/b27-20+. The number of pyridine rings is 1. The molecule has 0 radical (unpaired) electrons. The van der Waals surface area contributed by atoms with Crippen LogP contribution in [0.3, 0.4) is 0 Å². The Morgan fingerprint density at radius 3 is 2.90 bits per heavy atom. The van der Waals surface area contributed by atoms with Gasteiger partial charge in [0, 0.05) is 61.7 Å². The van der Waals surface area contributed by atoms with Crippen LogP contribution in [0.4, 0.5) is 10.2 Å². The van der Waals surface area contributed by atoms with E-state index in [1.807, 2.05) is 6.07 Å². The minimum atomic E-state index is -0.474. The highest BCUT2D eigenvalue weighted by atomic mass is 35.5. The molecule has 152 valence electrons. The van der Waals surface area contributed by atoms with Crippen LogP contribution >= 0.6 is 11.6 Å². The molecule has 6 nitrogen and oxygen atoms in total. The second kappa shape index (κ2) is 8.98. The van der Waals surface area contributed by atoms with Gasteiger partial charge in [-0.15, -0.1) is 0 Å². The number of aromatic nitrogens is 1. The predicted molar refractivity (Wildman–Crippen MR) is 110 cm³/mol. The minimum absolute atomic E-state index is 0.0459. The SMILES string of the molecule is O/N=C(\Cc1ccc(F)c(Cl)c1)c1ccnc2c1CC(CNC1CCOCC1)=N2. The molecule has 2 N–H and O–H groups in total. The maximum atomic E-state index is 13.4. The van der Waals surface area contributed by atoms with Gasteiger partial charge in [-0.05, 0) is 36.6 Å². The lowest BCUT2D eigenvalue weighted by Crippen LogP contribution is -2.38. The van der Waals surface area contributed by atoms with Crippen molar-refractivity contribution in [1.82, 2.24) is 10.3 Å². The molecule has 0 bridgehead atoms. The van der Waals surface area contributed by atoms with Crippen molar-refractivity contribution in [3.63, 3.8) is 0 Å². The van der Waals surface area contributed by atoms with E-state index in [1.165, 1.54) is 6.07 Å². The third-order valence-electron chi connectivity index (χ3n) is 5.28. The first-order chi connectivity index (χ1) is 14.1. The fraction of sp³-hybridized carbons (Fsp3) is 0.381. The zero-order chi connectivity index (χ0) is 20.2. The zero-order valence-electron chi connectivity index (χ0n) is 15.9. The van der Waals surface area contributed by atoms with Gasteiger partial charge in [-0.3, -0.25) is 0 Å². The highest BCUT2D eigenvalue weighted by Gasteiger charge is 2.23. The number of oxime groups is 1. The van der Waals surface area contributed by atoms with Crippen LogP contribution < -0.4 is 5.32 Å². The largest absolute Gasteiger partial charge is 0.411 e. The van der Waals surface area contributed by atoms with Crippen molar-refractivity contribution in [1.29, 1.82) is 0 Å². The Balaban J connectivity index is 1.47. The fourth-order valence-electron chi connectivity index (χ4n) is 3.71. The molecule has 1 saturated heterocycles. The van der Waals surface area contributed by atoms with Crippen molar-refractivity contribution >= 4 is 28.8 Å². The Kier molecular flexibility index (Phi) is 6.18. The molecule has 2 aromatic rings. The molecule has 1 fully saturated rings. The highest BCUT2D eigenvalue weighted by molar-refractivity contribution is 6.30. The first-order valence-electron chi connectivity index (χ1n) is 9.64. The number of nitrogens with zero attached hydrogens (tertiary/aromatic N) is 3. The third kappa shape index (κ3) is 4.63. The third-order valence-corrected chi connectivity index (χ3v) is 5.57. The Morgan fingerprint density at radius 2 is 2.14 bits per heavy atom. The summed E-state index contributed by atoms with van der Waals surface area (Å²) >= 11 is 5.88. The van der Waals surface area contributed by atoms with Crippen LogP contribution in [-0.2, 0) is 17.6 Å². The van der Waals surface area contributed by atoms with E-state index in [1.54, 1.807) is 18.3 Å². The summed E-state index contributed by atoms with van der Waals surface area (Å²) in [6.45, 7) is 2.28. The monoisotopic (exact) mass is 416 g/mol. The molecular weight excluding hydrogens is 395 g/mol. The molecule has 0 aliphatic carbocycles. The Bertz CT molecular complexity index is 958. The van der Waals surface area contributed by atoms with Crippen LogP contribution in [0.25, 0.3) is 0 Å². The normalized spacial score (nSPS) is 17.3. The van der Waals surface area contributed by atoms with E-state index in [9.17, 15) is 9.60 Å². The summed E-state index contributed by atoms with van der Waals surface area (Å²) in [6.07, 6.45) is 4.65. The number of aliphatic imine (C=N–C) groups is 1. The smallest absolute Gasteiger partial charge is 0.156 e. The van der Waals surface area contributed by atoms with Crippen molar-refractivity contribution in [2.75, 3.05) is 19.8 Å². The van der Waals surface area contributed by atoms with Gasteiger partial charge in [-0.25, -0.2) is 14.4 Å². The molecule has 29 heavy (non-hydrogen) atoms. The summed E-state index contributed by atoms with van der Waals surface area (Å²) < 4.78 is 18.8. The number of halogens is 2. The first kappa shape index (κ1) is 19.9. The van der Waals surface area contributed by atoms with Gasteiger partial charge in [0.25, 0.3) is 0 Å². The molecule has 0 unspecified atom stereocenters. The molecule has 0 amide bonds. The van der Waals surface area contributed by atoms with Gasteiger partial charge in [0.15, 0.2) is 5.82 Å². The van der Waals surface area contributed by atoms with E-state index >= 15 is 0 Å². The van der Waals surface area contributed by atoms with Crippen molar-refractivity contribution in [3.05, 3.63) is 58.0 Å². The van der Waals surface area contributed by atoms with Gasteiger partial charge >= 0.3 is 0 Å². The van der Waals surface area contributed by atoms with Crippen LogP contribution in [0.5, 0.6) is 0 Å². The maximum Gasteiger partial charge on any atom is 0.156 e. The van der Waals surface area contributed by atoms with Gasteiger partial charge in [-0.1, -0.05) is 22.8 Å². The average Bonchev–Trinajstić information content (AvgIpc) is 3.17. The Hall–Kier alpha value is -2.35. The van der Waals surface area contributed by atoms with Gasteiger partial charge in [0.2, 0.25) is 0 Å². The topological polar surface area (TPSA) is 79.1 Å². The number of fused-ring (bicyclic) bond motifs is 1. The van der Waals surface area contributed by atoms with Crippen LogP contribution in [-0.4, -0.2) is 47.4 Å². The molecule has 3 heterocycles. The molecule has 0 atom stereocenters. The van der Waals surface area contributed by atoms with Crippen LogP contribution in [0, 0.1) is 5.82 Å². The molecule has 8 heteroatoms. The molecule has 2 aliphatic rings. The summed E-state index contributed by atoms with van der Waals surface area (Å²) in [6, 6.07) is 6.76. The van der Waals surface area contributed by atoms with Gasteiger partial charge in [0.05, 0.1) is 10.7 Å². The number of rotatable bonds is 6. The molecule has 4 rings (SSSR count). The molecule has 1 aromatic carbocycles. The zero-order valence-corrected chi connectivity index (χ0v) is 16.6. The number of ether oxygens (including phenoxy) is 1. The van der Waals surface area contributed by atoms with Crippen molar-refractivity contribution in [2.24, 2.45) is 10.1 Å². The molecule has 0 spiro atoms. The van der Waals surface area contributed by atoms with E-state index in [0.717, 1.165) is 48.5 Å². The highest BCUT2D eigenvalue weighted by Crippen LogP contribution is 2.29. The fourth-order valence-corrected chi connectivity index (χ4v) is 3.91. The van der Waals surface area contributed by atoms with Crippen LogP contribution in [0.15, 0.2) is 40.6 Å². The first-order valence-corrected chi connectivity index (χ1v) is 10.0. The van der Waals surface area contributed by atoms with Crippen LogP contribution in [0.2, 0.25) is 5.02 Å². The Morgan fingerprint density at radius 1 is 1.31 bits per heavy atom. The second-order valence-electron chi connectivity index (χ2n) is 7.25. The van der Waals surface area contributed by atoms with Gasteiger partial charge < -0.3 is 15.3 Å². The molecule has 2 aliphatic heterocycles. The second-order valence-corrected chi connectivity index (χ2v) is 7.66. The summed E-state index contributed by atoms with van der Waals surface area (Å²) in [5, 5.41) is 16.7. The van der Waals surface area contributed by atoms with E-state index in [2.05, 4.69) is 20.4 Å².